The molecule has 0 saturated heterocycles. The molecule has 0 bridgehead atoms. The molecule has 1 aromatic carbocycles. The number of nitrogens with one attached hydrogen (secondary N) is 1. The Labute approximate surface area is 101 Å². The maximum atomic E-state index is 3.23. The van der Waals surface area contributed by atoms with Crippen LogP contribution in [0.25, 0.3) is 10.9 Å². The second kappa shape index (κ2) is 4.20. The van der Waals surface area contributed by atoms with Crippen LogP contribution in [0, 0.1) is 0 Å². The van der Waals surface area contributed by atoms with Gasteiger partial charge in [-0.05, 0) is 0 Å². The summed E-state index contributed by atoms with van der Waals surface area (Å²) in [5, 5.41) is 1.35. The van der Waals surface area contributed by atoms with Crippen LogP contribution in [0.5, 0.6) is 0 Å². The average Bonchev–Trinajstić information content (AvgIpc) is 2.60. The molecule has 0 saturated carbocycles. The van der Waals surface area contributed by atoms with Gasteiger partial charge in [0.2, 0.25) is 0 Å². The Kier molecular flexibility index (Phi) is 3.10. The molecule has 1 nitrogen and oxygen atoms in total. The topological polar surface area (TPSA) is 15.8 Å². The molecule has 1 N–H and O–H groups in total. The molecule has 0 spiro atoms. The molecule has 0 fully saturated rings. The standard InChI is InChI=1S/C9H8N.C4H9.Sn/c1-7-2-3-9-8(6-7)4-5-10-9;1-4(2)3;/h2-6,10H,1H2;1-3H3;. The van der Waals surface area contributed by atoms with Gasteiger partial charge in [-0.2, -0.15) is 0 Å². The third kappa shape index (κ3) is 3.00. The van der Waals surface area contributed by atoms with Crippen molar-refractivity contribution in [3.63, 3.8) is 0 Å². The minimum atomic E-state index is -0.288. The number of aromatic nitrogens is 1. The van der Waals surface area contributed by atoms with E-state index in [1.165, 1.54) is 20.9 Å². The van der Waals surface area contributed by atoms with Gasteiger partial charge < -0.3 is 0 Å². The van der Waals surface area contributed by atoms with Crippen LogP contribution in [-0.4, -0.2) is 26.1 Å². The molecular formula is C13H17NSn. The third-order valence-electron chi connectivity index (χ3n) is 2.44. The van der Waals surface area contributed by atoms with Crippen LogP contribution >= 0.6 is 0 Å². The van der Waals surface area contributed by atoms with Crippen molar-refractivity contribution >= 4 is 32.0 Å². The number of aromatic amines is 1. The van der Waals surface area contributed by atoms with E-state index < -0.39 is 0 Å². The Morgan fingerprint density at radius 3 is 2.73 bits per heavy atom. The molecule has 2 aromatic rings. The van der Waals surface area contributed by atoms with Gasteiger partial charge in [0.15, 0.2) is 0 Å². The number of hydrogen-bond acceptors (Lipinski definition) is 0. The van der Waals surface area contributed by atoms with Gasteiger partial charge in [0.1, 0.15) is 0 Å². The number of benzene rings is 1. The summed E-state index contributed by atoms with van der Waals surface area (Å²) in [6, 6.07) is 8.96. The monoisotopic (exact) mass is 307 g/mol. The van der Waals surface area contributed by atoms with Gasteiger partial charge >= 0.3 is 102 Å². The predicted octanol–water partition coefficient (Wildman–Crippen LogP) is 3.59. The average molecular weight is 306 g/mol. The summed E-state index contributed by atoms with van der Waals surface area (Å²) < 4.78 is 1.93. The normalized spacial score (nSPS) is 12.2. The molecule has 0 amide bonds. The fourth-order valence-electron chi connectivity index (χ4n) is 1.58. The summed E-state index contributed by atoms with van der Waals surface area (Å²) >= 11 is -0.288. The van der Waals surface area contributed by atoms with E-state index in [1.807, 2.05) is 6.20 Å². The Balaban J connectivity index is 2.15. The van der Waals surface area contributed by atoms with E-state index in [1.54, 1.807) is 0 Å². The molecule has 15 heavy (non-hydrogen) atoms. The van der Waals surface area contributed by atoms with Crippen LogP contribution in [0.2, 0.25) is 3.43 Å². The Hall–Kier alpha value is -0.441. The third-order valence-corrected chi connectivity index (χ3v) is 7.14. The van der Waals surface area contributed by atoms with Gasteiger partial charge in [-0.3, -0.25) is 0 Å². The van der Waals surface area contributed by atoms with Crippen LogP contribution in [0.4, 0.5) is 0 Å². The van der Waals surface area contributed by atoms with Gasteiger partial charge in [0, 0.05) is 0 Å². The molecule has 0 aliphatic carbocycles. The van der Waals surface area contributed by atoms with Gasteiger partial charge in [0.05, 0.1) is 0 Å². The van der Waals surface area contributed by atoms with Crippen LogP contribution in [-0.2, 0) is 4.44 Å². The summed E-state index contributed by atoms with van der Waals surface area (Å²) in [7, 11) is 0. The number of fused-ring (bicyclic) bond motifs is 1. The summed E-state index contributed by atoms with van der Waals surface area (Å²) in [4.78, 5) is 3.23. The van der Waals surface area contributed by atoms with Crippen LogP contribution in [0.15, 0.2) is 30.5 Å². The van der Waals surface area contributed by atoms with E-state index in [0.717, 1.165) is 0 Å². The van der Waals surface area contributed by atoms with Crippen LogP contribution < -0.4 is 0 Å². The van der Waals surface area contributed by atoms with Crippen molar-refractivity contribution in [1.29, 1.82) is 0 Å². The zero-order chi connectivity index (χ0) is 10.9. The van der Waals surface area contributed by atoms with E-state index in [9.17, 15) is 0 Å². The summed E-state index contributed by atoms with van der Waals surface area (Å²) in [5.41, 5.74) is 2.77. The first-order valence-corrected chi connectivity index (χ1v) is 8.80. The fraction of sp³-hybridized carbons (Fsp3) is 0.385. The van der Waals surface area contributed by atoms with Crippen molar-refractivity contribution in [3.05, 3.63) is 36.0 Å². The van der Waals surface area contributed by atoms with Crippen LogP contribution in [0.3, 0.4) is 0 Å². The Bertz CT molecular complexity index is 451. The van der Waals surface area contributed by atoms with Crippen molar-refractivity contribution in [3.8, 4) is 0 Å². The first-order valence-electron chi connectivity index (χ1n) is 5.36. The molecule has 0 aliphatic rings. The predicted molar refractivity (Wildman–Crippen MR) is 67.5 cm³/mol. The molecular weight excluding hydrogens is 289 g/mol. The molecule has 0 unspecified atom stereocenters. The van der Waals surface area contributed by atoms with Crippen molar-refractivity contribution in [2.24, 2.45) is 0 Å². The zero-order valence-electron chi connectivity index (χ0n) is 9.59. The van der Waals surface area contributed by atoms with Gasteiger partial charge in [-0.25, -0.2) is 0 Å². The molecule has 0 aliphatic heterocycles. The van der Waals surface area contributed by atoms with E-state index in [4.69, 9.17) is 0 Å². The zero-order valence-corrected chi connectivity index (χ0v) is 12.4. The summed E-state index contributed by atoms with van der Waals surface area (Å²) in [5.74, 6) is 0. The summed E-state index contributed by atoms with van der Waals surface area (Å²) in [6.07, 6.45) is 2.01. The Morgan fingerprint density at radius 1 is 1.20 bits per heavy atom. The van der Waals surface area contributed by atoms with Gasteiger partial charge in [-0.1, -0.05) is 0 Å². The minimum absolute atomic E-state index is 0.288. The number of H-pyrrole nitrogens is 1. The molecule has 0 atom stereocenters. The van der Waals surface area contributed by atoms with E-state index in [2.05, 4.69) is 50.0 Å². The number of hydrogen-bond donors (Lipinski definition) is 1. The quantitative estimate of drug-likeness (QED) is 0.816. The van der Waals surface area contributed by atoms with Crippen molar-refractivity contribution in [1.82, 2.24) is 4.98 Å². The molecule has 1 heterocycles. The van der Waals surface area contributed by atoms with Crippen LogP contribution in [0.1, 0.15) is 26.3 Å². The van der Waals surface area contributed by atoms with Crippen molar-refractivity contribution in [2.45, 2.75) is 28.6 Å². The van der Waals surface area contributed by atoms with Crippen molar-refractivity contribution in [2.75, 3.05) is 0 Å². The van der Waals surface area contributed by atoms with E-state index in [-0.39, 0.29) is 21.1 Å². The van der Waals surface area contributed by atoms with E-state index >= 15 is 0 Å². The van der Waals surface area contributed by atoms with E-state index in [0.29, 0.717) is 3.43 Å². The molecule has 1 aromatic heterocycles. The fourth-order valence-corrected chi connectivity index (χ4v) is 4.30. The molecule has 2 radical (unpaired) electrons. The summed E-state index contributed by atoms with van der Waals surface area (Å²) in [6.45, 7) is 7.11. The van der Waals surface area contributed by atoms with Gasteiger partial charge in [-0.15, -0.1) is 0 Å². The van der Waals surface area contributed by atoms with Crippen molar-refractivity contribution < 1.29 is 0 Å². The maximum absolute atomic E-state index is 3.23. The first-order chi connectivity index (χ1) is 7.04. The molecule has 2 rings (SSSR count). The number of rotatable bonds is 2. The SMILES string of the molecule is C[C](C)(C)[Sn][CH2]c1ccc2[nH]ccc2c1. The molecule has 78 valence electrons. The Morgan fingerprint density at radius 2 is 2.00 bits per heavy atom. The second-order valence-electron chi connectivity index (χ2n) is 5.00. The second-order valence-corrected chi connectivity index (χ2v) is 11.3. The molecule has 2 heteroatoms. The first kappa shape index (κ1) is 11.1. The van der Waals surface area contributed by atoms with Gasteiger partial charge in [0.25, 0.3) is 0 Å².